The Balaban J connectivity index is 1.66. The van der Waals surface area contributed by atoms with E-state index in [1.807, 2.05) is 12.1 Å². The lowest BCUT2D eigenvalue weighted by Crippen LogP contribution is -2.54. The number of terminal acetylenes is 1. The molecular formula is C30H32F2N6O. The molecule has 1 amide bonds. The highest BCUT2D eigenvalue weighted by Crippen LogP contribution is 2.42. The van der Waals surface area contributed by atoms with Crippen molar-refractivity contribution in [2.75, 3.05) is 44.7 Å². The fourth-order valence-corrected chi connectivity index (χ4v) is 5.77. The molecule has 39 heavy (non-hydrogen) atoms. The molecule has 1 saturated heterocycles. The lowest BCUT2D eigenvalue weighted by molar-refractivity contribution is -0.130. The van der Waals surface area contributed by atoms with Crippen LogP contribution in [0.3, 0.4) is 0 Å². The van der Waals surface area contributed by atoms with Crippen molar-refractivity contribution >= 4 is 22.5 Å². The summed E-state index contributed by atoms with van der Waals surface area (Å²) in [5.41, 5.74) is 3.48. The number of piperazine rings is 1. The number of nitriles is 1. The zero-order valence-electron chi connectivity index (χ0n) is 22.2. The third-order valence-corrected chi connectivity index (χ3v) is 7.82. The zero-order valence-corrected chi connectivity index (χ0v) is 22.2. The third kappa shape index (κ3) is 4.96. The molecule has 0 saturated carbocycles. The predicted octanol–water partition coefficient (Wildman–Crippen LogP) is 3.89. The van der Waals surface area contributed by atoms with E-state index in [9.17, 15) is 18.8 Å². The Morgan fingerprint density at radius 2 is 1.97 bits per heavy atom. The second-order valence-electron chi connectivity index (χ2n) is 10.3. The van der Waals surface area contributed by atoms with Gasteiger partial charge in [-0.2, -0.15) is 5.26 Å². The molecule has 9 heteroatoms. The number of H-pyrrole nitrogens is 1. The number of amides is 1. The van der Waals surface area contributed by atoms with Crippen molar-refractivity contribution in [1.29, 1.82) is 5.26 Å². The lowest BCUT2D eigenvalue weighted by atomic mass is 9.89. The van der Waals surface area contributed by atoms with Gasteiger partial charge in [-0.05, 0) is 55.3 Å². The molecule has 2 aliphatic heterocycles. The average Bonchev–Trinajstić information content (AvgIpc) is 3.30. The maximum atomic E-state index is 14.9. The van der Waals surface area contributed by atoms with E-state index in [2.05, 4.69) is 46.1 Å². The van der Waals surface area contributed by atoms with Crippen molar-refractivity contribution in [3.63, 3.8) is 0 Å². The molecule has 1 fully saturated rings. The summed E-state index contributed by atoms with van der Waals surface area (Å²) in [5, 5.41) is 14.0. The first-order chi connectivity index (χ1) is 18.9. The van der Waals surface area contributed by atoms with Crippen LogP contribution in [-0.4, -0.2) is 66.6 Å². The van der Waals surface area contributed by atoms with Gasteiger partial charge in [0.05, 0.1) is 29.0 Å². The molecule has 202 valence electrons. The Morgan fingerprint density at radius 3 is 2.67 bits per heavy atom. The predicted molar refractivity (Wildman–Crippen MR) is 147 cm³/mol. The van der Waals surface area contributed by atoms with E-state index in [-0.39, 0.29) is 5.52 Å². The van der Waals surface area contributed by atoms with Crippen LogP contribution in [0, 0.1) is 35.3 Å². The van der Waals surface area contributed by atoms with Gasteiger partial charge in [0.2, 0.25) is 0 Å². The Labute approximate surface area is 227 Å². The second kappa shape index (κ2) is 11.1. The van der Waals surface area contributed by atoms with Crippen molar-refractivity contribution in [1.82, 2.24) is 20.1 Å². The summed E-state index contributed by atoms with van der Waals surface area (Å²) >= 11 is 0. The van der Waals surface area contributed by atoms with Crippen molar-refractivity contribution in [2.45, 2.75) is 38.4 Å². The number of hydrogen-bond acceptors (Lipinski definition) is 5. The number of anilines is 1. The van der Waals surface area contributed by atoms with Gasteiger partial charge in [-0.3, -0.25) is 10.1 Å². The number of carbonyl (C=O) groups is 1. The van der Waals surface area contributed by atoms with Crippen molar-refractivity contribution in [3.05, 3.63) is 64.4 Å². The number of aromatic amines is 1. The minimum absolute atomic E-state index is 0.184. The molecule has 0 bridgehead atoms. The van der Waals surface area contributed by atoms with E-state index >= 15 is 0 Å². The van der Waals surface area contributed by atoms with Crippen LogP contribution in [0.1, 0.15) is 48.2 Å². The maximum Gasteiger partial charge on any atom is 0.300 e. The maximum absolute atomic E-state index is 14.9. The van der Waals surface area contributed by atoms with E-state index in [1.165, 1.54) is 6.07 Å². The summed E-state index contributed by atoms with van der Waals surface area (Å²) in [4.78, 5) is 22.4. The van der Waals surface area contributed by atoms with E-state index in [4.69, 9.17) is 6.42 Å². The highest BCUT2D eigenvalue weighted by Gasteiger charge is 2.40. The standard InChI is InChI=1S/C30H32F2N6O/c1-4-6-9-34-26-17-23-22-15-21(31)16-24(32)28(22)35-29(23)30(38(26)27(39)5-2)19-7-8-25(20(14-19)18-33)37-12-10-36(3)11-13-37/h2,7-8,14-16,26,30,34-35H,4,6,9-13,17H2,1,3H3/t26-,30+/m1/s1. The van der Waals surface area contributed by atoms with Crippen molar-refractivity contribution in [2.24, 2.45) is 0 Å². The SMILES string of the molecule is C#CC(=O)N1[C@@H](c2ccc(N3CCN(C)CC3)c(C#N)c2)c2[nH]c3c(F)cc(F)cc3c2C[C@@H]1NCCCC. The topological polar surface area (TPSA) is 78.4 Å². The molecule has 0 radical (unpaired) electrons. The van der Waals surface area contributed by atoms with Gasteiger partial charge in [0.1, 0.15) is 17.7 Å². The summed E-state index contributed by atoms with van der Waals surface area (Å²) in [6, 6.07) is 9.37. The van der Waals surface area contributed by atoms with E-state index in [0.29, 0.717) is 35.2 Å². The molecule has 2 N–H and O–H groups in total. The van der Waals surface area contributed by atoms with Crippen LogP contribution in [0.2, 0.25) is 0 Å². The van der Waals surface area contributed by atoms with E-state index in [1.54, 1.807) is 11.0 Å². The molecule has 2 aromatic carbocycles. The minimum Gasteiger partial charge on any atom is -0.368 e. The van der Waals surface area contributed by atoms with Crippen LogP contribution >= 0.6 is 0 Å². The number of nitrogens with zero attached hydrogens (tertiary/aromatic N) is 4. The van der Waals surface area contributed by atoms with Gasteiger partial charge in [-0.15, -0.1) is 6.42 Å². The lowest BCUT2D eigenvalue weighted by Gasteiger charge is -2.42. The highest BCUT2D eigenvalue weighted by molar-refractivity contribution is 5.95. The monoisotopic (exact) mass is 530 g/mol. The number of rotatable bonds is 6. The van der Waals surface area contributed by atoms with Crippen LogP contribution in [0.5, 0.6) is 0 Å². The first kappa shape index (κ1) is 26.7. The largest absolute Gasteiger partial charge is 0.368 e. The summed E-state index contributed by atoms with van der Waals surface area (Å²) in [5.74, 6) is 0.366. The molecule has 2 aliphatic rings. The fraction of sp³-hybridized carbons (Fsp3) is 0.400. The molecule has 1 aromatic heterocycles. The van der Waals surface area contributed by atoms with Crippen LogP contribution < -0.4 is 10.2 Å². The number of fused-ring (bicyclic) bond motifs is 3. The molecule has 3 heterocycles. The Morgan fingerprint density at radius 1 is 1.21 bits per heavy atom. The molecule has 0 unspecified atom stereocenters. The van der Waals surface area contributed by atoms with Crippen LogP contribution in [0.25, 0.3) is 10.9 Å². The number of benzene rings is 2. The van der Waals surface area contributed by atoms with Gasteiger partial charge in [-0.25, -0.2) is 8.78 Å². The fourth-order valence-electron chi connectivity index (χ4n) is 5.77. The number of hydrogen-bond donors (Lipinski definition) is 2. The average molecular weight is 531 g/mol. The van der Waals surface area contributed by atoms with Crippen molar-refractivity contribution < 1.29 is 13.6 Å². The minimum atomic E-state index is -0.722. The molecular weight excluding hydrogens is 498 g/mol. The van der Waals surface area contributed by atoms with Gasteiger partial charge < -0.3 is 19.7 Å². The Kier molecular flexibility index (Phi) is 7.56. The Bertz CT molecular complexity index is 1480. The van der Waals surface area contributed by atoms with Crippen molar-refractivity contribution in [3.8, 4) is 18.4 Å². The summed E-state index contributed by atoms with van der Waals surface area (Å²) in [7, 11) is 2.07. The zero-order chi connectivity index (χ0) is 27.7. The number of halogens is 2. The number of unbranched alkanes of at least 4 members (excludes halogenated alkanes) is 1. The van der Waals surface area contributed by atoms with E-state index < -0.39 is 29.7 Å². The summed E-state index contributed by atoms with van der Waals surface area (Å²) in [6.07, 6.45) is 7.32. The normalized spacial score (nSPS) is 19.5. The molecule has 0 aliphatic carbocycles. The van der Waals surface area contributed by atoms with Crippen LogP contribution in [-0.2, 0) is 11.2 Å². The number of carbonyl (C=O) groups excluding carboxylic acids is 1. The van der Waals surface area contributed by atoms with Gasteiger partial charge in [0, 0.05) is 49.7 Å². The first-order valence-electron chi connectivity index (χ1n) is 13.4. The smallest absolute Gasteiger partial charge is 0.300 e. The van der Waals surface area contributed by atoms with Gasteiger partial charge in [0.25, 0.3) is 5.91 Å². The molecule has 7 nitrogen and oxygen atoms in total. The van der Waals surface area contributed by atoms with Crippen LogP contribution in [0.4, 0.5) is 14.5 Å². The second-order valence-corrected chi connectivity index (χ2v) is 10.3. The number of likely N-dealkylation sites (N-methyl/N-ethyl adjacent to an activating group) is 1. The third-order valence-electron chi connectivity index (χ3n) is 7.82. The quantitative estimate of drug-likeness (QED) is 0.374. The molecule has 0 spiro atoms. The van der Waals surface area contributed by atoms with Crippen LogP contribution in [0.15, 0.2) is 30.3 Å². The first-order valence-corrected chi connectivity index (χ1v) is 13.4. The van der Waals surface area contributed by atoms with Gasteiger partial charge in [0.15, 0.2) is 0 Å². The summed E-state index contributed by atoms with van der Waals surface area (Å²) in [6.45, 7) is 6.11. The summed E-state index contributed by atoms with van der Waals surface area (Å²) < 4.78 is 29.2. The highest BCUT2D eigenvalue weighted by atomic mass is 19.1. The van der Waals surface area contributed by atoms with Gasteiger partial charge in [-0.1, -0.05) is 19.4 Å². The Hall–Kier alpha value is -3.92. The molecule has 3 aromatic rings. The molecule has 2 atom stereocenters. The van der Waals surface area contributed by atoms with E-state index in [0.717, 1.165) is 56.3 Å². The number of aromatic nitrogens is 1. The molecule has 5 rings (SSSR count). The van der Waals surface area contributed by atoms with Gasteiger partial charge >= 0.3 is 0 Å². The number of nitrogens with one attached hydrogen (secondary N) is 2.